The van der Waals surface area contributed by atoms with Crippen molar-refractivity contribution in [1.82, 2.24) is 10.2 Å². The fourth-order valence-corrected chi connectivity index (χ4v) is 2.43. The number of nitrogens with zero attached hydrogens (tertiary/aromatic N) is 3. The summed E-state index contributed by atoms with van der Waals surface area (Å²) in [4.78, 5) is 2.31. The molecule has 0 aliphatic carbocycles. The molecule has 2 heterocycles. The second-order valence-electron chi connectivity index (χ2n) is 4.01. The van der Waals surface area contributed by atoms with Gasteiger partial charge >= 0.3 is 0 Å². The summed E-state index contributed by atoms with van der Waals surface area (Å²) in [6.45, 7) is 2.17. The van der Waals surface area contributed by atoms with Crippen LogP contribution in [0.5, 0.6) is 0 Å². The van der Waals surface area contributed by atoms with Gasteiger partial charge in [-0.2, -0.15) is 5.10 Å². The van der Waals surface area contributed by atoms with Crippen LogP contribution in [0.15, 0.2) is 18.3 Å². The van der Waals surface area contributed by atoms with Gasteiger partial charge in [0, 0.05) is 25.2 Å². The Morgan fingerprint density at radius 3 is 3.20 bits per heavy atom. The molecule has 0 N–H and O–H groups in total. The molecule has 1 aromatic heterocycles. The largest absolute Gasteiger partial charge is 0.355 e. The first kappa shape index (κ1) is 10.7. The van der Waals surface area contributed by atoms with Gasteiger partial charge in [-0.05, 0) is 37.3 Å². The van der Waals surface area contributed by atoms with Gasteiger partial charge in [0.05, 0.1) is 0 Å². The molecule has 1 atom stereocenters. The SMILES string of the molecule is ClCCC1CCCN(c2cccnn2)C1. The predicted octanol–water partition coefficient (Wildman–Crippen LogP) is 2.32. The lowest BCUT2D eigenvalue weighted by Gasteiger charge is -2.32. The van der Waals surface area contributed by atoms with E-state index >= 15 is 0 Å². The average Bonchev–Trinajstić information content (AvgIpc) is 2.31. The second kappa shape index (κ2) is 5.31. The van der Waals surface area contributed by atoms with E-state index in [2.05, 4.69) is 15.1 Å². The van der Waals surface area contributed by atoms with E-state index in [-0.39, 0.29) is 0 Å². The van der Waals surface area contributed by atoms with Gasteiger partial charge in [-0.1, -0.05) is 0 Å². The quantitative estimate of drug-likeness (QED) is 0.740. The fraction of sp³-hybridized carbons (Fsp3) is 0.636. The van der Waals surface area contributed by atoms with Crippen LogP contribution >= 0.6 is 11.6 Å². The minimum absolute atomic E-state index is 0.721. The highest BCUT2D eigenvalue weighted by Crippen LogP contribution is 2.23. The summed E-state index contributed by atoms with van der Waals surface area (Å²) in [5, 5.41) is 8.05. The molecule has 0 spiro atoms. The van der Waals surface area contributed by atoms with Crippen molar-refractivity contribution < 1.29 is 0 Å². The van der Waals surface area contributed by atoms with Crippen LogP contribution in [0.1, 0.15) is 19.3 Å². The monoisotopic (exact) mass is 225 g/mol. The van der Waals surface area contributed by atoms with Gasteiger partial charge in [0.2, 0.25) is 0 Å². The number of anilines is 1. The van der Waals surface area contributed by atoms with Gasteiger partial charge in [-0.15, -0.1) is 16.7 Å². The third-order valence-corrected chi connectivity index (χ3v) is 3.14. The zero-order valence-corrected chi connectivity index (χ0v) is 9.53. The molecule has 1 aromatic rings. The molecule has 0 radical (unpaired) electrons. The number of hydrogen-bond donors (Lipinski definition) is 0. The summed E-state index contributed by atoms with van der Waals surface area (Å²) >= 11 is 5.78. The maximum atomic E-state index is 5.78. The summed E-state index contributed by atoms with van der Waals surface area (Å²) in [6, 6.07) is 3.96. The van der Waals surface area contributed by atoms with E-state index < -0.39 is 0 Å². The lowest BCUT2D eigenvalue weighted by molar-refractivity contribution is 0.404. The van der Waals surface area contributed by atoms with Crippen LogP contribution in [0.4, 0.5) is 5.82 Å². The van der Waals surface area contributed by atoms with Crippen molar-refractivity contribution in [3.63, 3.8) is 0 Å². The maximum Gasteiger partial charge on any atom is 0.151 e. The Morgan fingerprint density at radius 1 is 1.53 bits per heavy atom. The van der Waals surface area contributed by atoms with Crippen molar-refractivity contribution in [1.29, 1.82) is 0 Å². The van der Waals surface area contributed by atoms with E-state index in [0.29, 0.717) is 0 Å². The summed E-state index contributed by atoms with van der Waals surface area (Å²) < 4.78 is 0. The lowest BCUT2D eigenvalue weighted by atomic mass is 9.96. The molecule has 0 bridgehead atoms. The van der Waals surface area contributed by atoms with Crippen molar-refractivity contribution in [2.75, 3.05) is 23.9 Å². The predicted molar refractivity (Wildman–Crippen MR) is 62.3 cm³/mol. The normalized spacial score (nSPS) is 21.7. The first-order chi connectivity index (χ1) is 7.40. The van der Waals surface area contributed by atoms with Crippen LogP contribution in [0.25, 0.3) is 0 Å². The van der Waals surface area contributed by atoms with Gasteiger partial charge in [-0.25, -0.2) is 0 Å². The van der Waals surface area contributed by atoms with Crippen LogP contribution in [0.2, 0.25) is 0 Å². The summed E-state index contributed by atoms with van der Waals surface area (Å²) in [5.74, 6) is 2.48. The molecule has 0 amide bonds. The van der Waals surface area contributed by atoms with Crippen molar-refractivity contribution in [2.45, 2.75) is 19.3 Å². The van der Waals surface area contributed by atoms with E-state index in [4.69, 9.17) is 11.6 Å². The first-order valence-electron chi connectivity index (χ1n) is 5.49. The number of rotatable bonds is 3. The van der Waals surface area contributed by atoms with Gasteiger partial charge in [-0.3, -0.25) is 0 Å². The highest BCUT2D eigenvalue weighted by atomic mass is 35.5. The number of piperidine rings is 1. The fourth-order valence-electron chi connectivity index (χ4n) is 2.13. The maximum absolute atomic E-state index is 5.78. The van der Waals surface area contributed by atoms with Crippen molar-refractivity contribution >= 4 is 17.4 Å². The topological polar surface area (TPSA) is 29.0 Å². The molecule has 3 nitrogen and oxygen atoms in total. The Kier molecular flexibility index (Phi) is 3.78. The van der Waals surface area contributed by atoms with Crippen LogP contribution < -0.4 is 4.90 Å². The molecule has 1 fully saturated rings. The molecule has 4 heteroatoms. The molecule has 1 unspecified atom stereocenters. The summed E-state index contributed by atoms with van der Waals surface area (Å²) in [6.07, 6.45) is 5.35. The van der Waals surface area contributed by atoms with Crippen molar-refractivity contribution in [3.05, 3.63) is 18.3 Å². The number of halogens is 1. The first-order valence-corrected chi connectivity index (χ1v) is 6.02. The van der Waals surface area contributed by atoms with Crippen LogP contribution in [-0.4, -0.2) is 29.2 Å². The number of alkyl halides is 1. The Balaban J connectivity index is 1.98. The van der Waals surface area contributed by atoms with Gasteiger partial charge in [0.25, 0.3) is 0 Å². The smallest absolute Gasteiger partial charge is 0.151 e. The Hall–Kier alpha value is -0.830. The molecule has 2 rings (SSSR count). The van der Waals surface area contributed by atoms with E-state index in [1.165, 1.54) is 12.8 Å². The van der Waals surface area contributed by atoms with Crippen LogP contribution in [-0.2, 0) is 0 Å². The summed E-state index contributed by atoms with van der Waals surface area (Å²) in [7, 11) is 0. The molecule has 0 aromatic carbocycles. The molecule has 15 heavy (non-hydrogen) atoms. The van der Waals surface area contributed by atoms with Gasteiger partial charge < -0.3 is 4.90 Å². The highest BCUT2D eigenvalue weighted by Gasteiger charge is 2.20. The Labute approximate surface area is 95.5 Å². The van der Waals surface area contributed by atoms with Crippen molar-refractivity contribution in [3.8, 4) is 0 Å². The van der Waals surface area contributed by atoms with Gasteiger partial charge in [0.1, 0.15) is 0 Å². The lowest BCUT2D eigenvalue weighted by Crippen LogP contribution is -2.36. The molecule has 1 saturated heterocycles. The minimum Gasteiger partial charge on any atom is -0.355 e. The third kappa shape index (κ3) is 2.81. The zero-order valence-electron chi connectivity index (χ0n) is 8.77. The third-order valence-electron chi connectivity index (χ3n) is 2.92. The van der Waals surface area contributed by atoms with Crippen LogP contribution in [0, 0.1) is 5.92 Å². The molecular formula is C11H16ClN3. The molecule has 0 saturated carbocycles. The molecular weight excluding hydrogens is 210 g/mol. The van der Waals surface area contributed by atoms with E-state index in [0.717, 1.165) is 37.1 Å². The molecule has 82 valence electrons. The number of hydrogen-bond acceptors (Lipinski definition) is 3. The molecule has 1 aliphatic heterocycles. The summed E-state index contributed by atoms with van der Waals surface area (Å²) in [5.41, 5.74) is 0. The minimum atomic E-state index is 0.721. The Bertz CT molecular complexity index is 289. The van der Waals surface area contributed by atoms with Crippen LogP contribution in [0.3, 0.4) is 0 Å². The number of aromatic nitrogens is 2. The van der Waals surface area contributed by atoms with E-state index in [1.54, 1.807) is 6.20 Å². The zero-order chi connectivity index (χ0) is 10.5. The van der Waals surface area contributed by atoms with Gasteiger partial charge in [0.15, 0.2) is 5.82 Å². The van der Waals surface area contributed by atoms with Crippen molar-refractivity contribution in [2.24, 2.45) is 5.92 Å². The standard InChI is InChI=1S/C11H16ClN3/c12-6-5-10-3-2-8-15(9-10)11-4-1-7-13-14-11/h1,4,7,10H,2-3,5-6,8-9H2. The average molecular weight is 226 g/mol. The molecule has 1 aliphatic rings. The second-order valence-corrected chi connectivity index (χ2v) is 4.39. The Morgan fingerprint density at radius 2 is 2.47 bits per heavy atom. The highest BCUT2D eigenvalue weighted by molar-refractivity contribution is 6.17. The van der Waals surface area contributed by atoms with E-state index in [1.807, 2.05) is 12.1 Å². The van der Waals surface area contributed by atoms with E-state index in [9.17, 15) is 0 Å².